The quantitative estimate of drug-likeness (QED) is 0.0245. The number of carbonyl (C=O) groups is 2. The van der Waals surface area contributed by atoms with Crippen LogP contribution in [0.3, 0.4) is 0 Å². The number of amides is 1. The van der Waals surface area contributed by atoms with E-state index in [1.54, 1.807) is 0 Å². The van der Waals surface area contributed by atoms with Crippen molar-refractivity contribution in [1.82, 2.24) is 5.32 Å². The molecule has 3 atom stereocenters. The van der Waals surface area contributed by atoms with E-state index in [1.165, 1.54) is 167 Å². The molecule has 64 heavy (non-hydrogen) atoms. The monoisotopic (exact) mass is 894 g/mol. The fourth-order valence-corrected chi connectivity index (χ4v) is 8.04. The second-order valence-electron chi connectivity index (χ2n) is 18.4. The number of nitrogens with one attached hydrogen (secondary N) is 1. The molecule has 0 aliphatic rings. The Labute approximate surface area is 396 Å². The smallest absolute Gasteiger partial charge is 0.306 e. The van der Waals surface area contributed by atoms with Crippen LogP contribution in [0.5, 0.6) is 0 Å². The summed E-state index contributed by atoms with van der Waals surface area (Å²) in [5, 5.41) is 23.7. The van der Waals surface area contributed by atoms with Crippen molar-refractivity contribution in [2.45, 2.75) is 277 Å². The fraction of sp³-hybridized carbons (Fsp3) is 0.759. The van der Waals surface area contributed by atoms with E-state index in [0.29, 0.717) is 19.3 Å². The molecule has 0 rings (SSSR count). The maximum absolute atomic E-state index is 13.2. The van der Waals surface area contributed by atoms with Crippen molar-refractivity contribution in [2.75, 3.05) is 6.61 Å². The lowest BCUT2D eigenvalue weighted by atomic mass is 10.0. The van der Waals surface area contributed by atoms with Gasteiger partial charge in [-0.15, -0.1) is 0 Å². The number of aliphatic hydroxyl groups excluding tert-OH is 2. The molecular formula is C58H103NO5. The Bertz CT molecular complexity index is 1190. The summed E-state index contributed by atoms with van der Waals surface area (Å²) < 4.78 is 5.85. The largest absolute Gasteiger partial charge is 0.461 e. The third-order valence-electron chi connectivity index (χ3n) is 12.1. The fourth-order valence-electron chi connectivity index (χ4n) is 8.04. The third kappa shape index (κ3) is 45.9. The molecule has 0 heterocycles. The highest BCUT2D eigenvalue weighted by Crippen LogP contribution is 2.17. The molecule has 0 saturated heterocycles. The number of hydrogen-bond acceptors (Lipinski definition) is 5. The Morgan fingerprint density at radius 1 is 0.484 bits per heavy atom. The first-order valence-electron chi connectivity index (χ1n) is 27.2. The number of carbonyl (C=O) groups excluding carboxylic acids is 2. The third-order valence-corrected chi connectivity index (χ3v) is 12.1. The molecule has 0 aromatic carbocycles. The molecule has 0 aliphatic heterocycles. The van der Waals surface area contributed by atoms with Crippen LogP contribution in [0.4, 0.5) is 0 Å². The topological polar surface area (TPSA) is 95.9 Å². The molecule has 0 spiro atoms. The first-order valence-corrected chi connectivity index (χ1v) is 27.2. The highest BCUT2D eigenvalue weighted by Gasteiger charge is 2.23. The highest BCUT2D eigenvalue weighted by molar-refractivity contribution is 5.77. The summed E-state index contributed by atoms with van der Waals surface area (Å²) in [6.45, 7) is 6.31. The van der Waals surface area contributed by atoms with Gasteiger partial charge in [0.05, 0.1) is 25.2 Å². The van der Waals surface area contributed by atoms with Gasteiger partial charge in [-0.1, -0.05) is 267 Å². The number of aliphatic hydroxyl groups is 2. The van der Waals surface area contributed by atoms with Crippen molar-refractivity contribution >= 4 is 11.9 Å². The van der Waals surface area contributed by atoms with Gasteiger partial charge >= 0.3 is 5.97 Å². The SMILES string of the molecule is CC/C=C/C=C/C=C\C=C/C=C/CC(CC(=O)NC(CO)C(O)CCCCCCCCCCCCCCCCC)OC(=O)CCCCCCCCCCC/C=C/CCCCCCCC. The summed E-state index contributed by atoms with van der Waals surface area (Å²) in [5.41, 5.74) is 0. The average molecular weight is 894 g/mol. The molecule has 3 unspecified atom stereocenters. The van der Waals surface area contributed by atoms with Gasteiger partial charge in [-0.3, -0.25) is 9.59 Å². The number of unbranched alkanes of at least 4 members (excludes halogenated alkanes) is 29. The number of ether oxygens (including phenoxy) is 1. The van der Waals surface area contributed by atoms with E-state index in [9.17, 15) is 19.8 Å². The second-order valence-corrected chi connectivity index (χ2v) is 18.4. The van der Waals surface area contributed by atoms with Crippen molar-refractivity contribution in [2.24, 2.45) is 0 Å². The molecule has 0 aromatic rings. The molecule has 1 amide bonds. The van der Waals surface area contributed by atoms with Crippen molar-refractivity contribution in [3.05, 3.63) is 72.9 Å². The van der Waals surface area contributed by atoms with Crippen LogP contribution in [0.25, 0.3) is 0 Å². The zero-order valence-corrected chi connectivity index (χ0v) is 42.1. The lowest BCUT2D eigenvalue weighted by Crippen LogP contribution is -2.46. The lowest BCUT2D eigenvalue weighted by molar-refractivity contribution is -0.150. The van der Waals surface area contributed by atoms with Crippen LogP contribution in [0.15, 0.2) is 72.9 Å². The predicted molar refractivity (Wildman–Crippen MR) is 278 cm³/mol. The molecule has 0 saturated carbocycles. The van der Waals surface area contributed by atoms with E-state index < -0.39 is 18.2 Å². The van der Waals surface area contributed by atoms with Crippen LogP contribution in [0.1, 0.15) is 258 Å². The first-order chi connectivity index (χ1) is 31.5. The minimum Gasteiger partial charge on any atom is -0.461 e. The van der Waals surface area contributed by atoms with Gasteiger partial charge in [-0.2, -0.15) is 0 Å². The van der Waals surface area contributed by atoms with Crippen molar-refractivity contribution in [1.29, 1.82) is 0 Å². The molecule has 0 aliphatic carbocycles. The summed E-state index contributed by atoms with van der Waals surface area (Å²) in [6, 6.07) is -0.742. The summed E-state index contributed by atoms with van der Waals surface area (Å²) in [5.74, 6) is -0.607. The zero-order chi connectivity index (χ0) is 46.7. The minimum atomic E-state index is -0.820. The summed E-state index contributed by atoms with van der Waals surface area (Å²) >= 11 is 0. The van der Waals surface area contributed by atoms with Gasteiger partial charge in [0.1, 0.15) is 6.10 Å². The van der Waals surface area contributed by atoms with Crippen LogP contribution in [0, 0.1) is 0 Å². The Hall–Kier alpha value is -2.70. The van der Waals surface area contributed by atoms with Crippen LogP contribution >= 0.6 is 0 Å². The van der Waals surface area contributed by atoms with Gasteiger partial charge < -0.3 is 20.3 Å². The molecule has 0 fully saturated rings. The Morgan fingerprint density at radius 3 is 1.31 bits per heavy atom. The first kappa shape index (κ1) is 61.3. The van der Waals surface area contributed by atoms with Crippen LogP contribution in [-0.2, 0) is 14.3 Å². The van der Waals surface area contributed by atoms with Crippen LogP contribution in [-0.4, -0.2) is 46.9 Å². The number of esters is 1. The normalized spacial score (nSPS) is 13.8. The Kier molecular flexibility index (Phi) is 49.1. The van der Waals surface area contributed by atoms with Gasteiger partial charge in [0.25, 0.3) is 0 Å². The molecule has 3 N–H and O–H groups in total. The van der Waals surface area contributed by atoms with E-state index in [4.69, 9.17) is 4.74 Å². The molecule has 370 valence electrons. The highest BCUT2D eigenvalue weighted by atomic mass is 16.5. The zero-order valence-electron chi connectivity index (χ0n) is 42.1. The minimum absolute atomic E-state index is 0.0204. The maximum Gasteiger partial charge on any atom is 0.306 e. The summed E-state index contributed by atoms with van der Waals surface area (Å²) in [4.78, 5) is 26.1. The van der Waals surface area contributed by atoms with Gasteiger partial charge in [-0.05, 0) is 44.9 Å². The van der Waals surface area contributed by atoms with E-state index in [-0.39, 0.29) is 24.9 Å². The molecule has 6 nitrogen and oxygen atoms in total. The molecule has 0 aromatic heterocycles. The molecule has 6 heteroatoms. The predicted octanol–water partition coefficient (Wildman–Crippen LogP) is 16.6. The van der Waals surface area contributed by atoms with Crippen molar-refractivity contribution < 1.29 is 24.5 Å². The standard InChI is InChI=1S/C58H103NO5/c1-4-7-10-13-16-19-22-24-26-27-28-29-31-33-36-39-42-45-48-51-58(63)64-54(49-46-43-40-37-34-21-18-15-12-9-6-3)52-57(62)59-55(53-60)56(61)50-47-44-41-38-35-32-30-25-23-20-17-14-11-8-5-2/h9,12,15,18,21,24,26,34,37,40,43,46,54-56,60-61H,4-8,10-11,13-14,16-17,19-20,22-23,25,27-33,35-36,38-39,41-42,44-45,47-53H2,1-3H3,(H,59,62)/b12-9+,18-15+,26-24+,34-21-,40-37-,46-43+. The van der Waals surface area contributed by atoms with Crippen LogP contribution in [0.2, 0.25) is 0 Å². The van der Waals surface area contributed by atoms with Gasteiger partial charge in [-0.25, -0.2) is 0 Å². The maximum atomic E-state index is 13.2. The van der Waals surface area contributed by atoms with Gasteiger partial charge in [0.2, 0.25) is 5.91 Å². The molecular weight excluding hydrogens is 791 g/mol. The van der Waals surface area contributed by atoms with E-state index in [2.05, 4.69) is 44.3 Å². The molecule has 0 bridgehead atoms. The average Bonchev–Trinajstić information content (AvgIpc) is 3.29. The van der Waals surface area contributed by atoms with E-state index in [0.717, 1.165) is 44.9 Å². The Morgan fingerprint density at radius 2 is 0.875 bits per heavy atom. The summed E-state index contributed by atoms with van der Waals surface area (Å²) in [6.07, 6.45) is 65.7. The van der Waals surface area contributed by atoms with Crippen molar-refractivity contribution in [3.63, 3.8) is 0 Å². The van der Waals surface area contributed by atoms with E-state index >= 15 is 0 Å². The van der Waals surface area contributed by atoms with Crippen LogP contribution < -0.4 is 5.32 Å². The van der Waals surface area contributed by atoms with Gasteiger partial charge in [0, 0.05) is 12.8 Å². The number of hydrogen-bond donors (Lipinski definition) is 3. The lowest BCUT2D eigenvalue weighted by Gasteiger charge is -2.24. The second kappa shape index (κ2) is 51.3. The number of allylic oxidation sites excluding steroid dienone is 11. The Balaban J connectivity index is 4.56. The molecule has 0 radical (unpaired) electrons. The summed E-state index contributed by atoms with van der Waals surface area (Å²) in [7, 11) is 0. The van der Waals surface area contributed by atoms with Crippen molar-refractivity contribution in [3.8, 4) is 0 Å². The van der Waals surface area contributed by atoms with Gasteiger partial charge in [0.15, 0.2) is 0 Å². The van der Waals surface area contributed by atoms with E-state index in [1.807, 2.05) is 54.7 Å². The number of rotatable bonds is 48.